The molecule has 142 valence electrons. The number of benzene rings is 1. The number of hydrogen-bond acceptors (Lipinski definition) is 2. The Hall–Kier alpha value is -2.83. The van der Waals surface area contributed by atoms with Crippen molar-refractivity contribution in [3.63, 3.8) is 0 Å². The third kappa shape index (κ3) is 3.82. The van der Waals surface area contributed by atoms with Crippen LogP contribution in [-0.2, 0) is 17.5 Å². The van der Waals surface area contributed by atoms with Crippen LogP contribution in [0, 0.1) is 6.92 Å². The molecular weight excluding hydrogens is 355 g/mol. The van der Waals surface area contributed by atoms with Crippen molar-refractivity contribution in [3.8, 4) is 11.1 Å². The maximum absolute atomic E-state index is 13.0. The number of hydrogen-bond donors (Lipinski definition) is 0. The molecule has 7 heteroatoms. The maximum atomic E-state index is 13.0. The SMILES string of the molecule is CCN(C)C(=O)Cn1cc(C)c2ncc(-c3cccc(C(F)(F)F)c3)cc21. The fourth-order valence-electron chi connectivity index (χ4n) is 2.95. The zero-order valence-corrected chi connectivity index (χ0v) is 15.3. The van der Waals surface area contributed by atoms with Crippen LogP contribution in [0.5, 0.6) is 0 Å². The first kappa shape index (κ1) is 18.9. The molecule has 0 radical (unpaired) electrons. The van der Waals surface area contributed by atoms with E-state index in [-0.39, 0.29) is 12.5 Å². The standard InChI is InChI=1S/C20H20F3N3O/c1-4-25(3)18(27)12-26-11-13(2)19-17(26)9-15(10-24-19)14-6-5-7-16(8-14)20(21,22)23/h5-11H,4,12H2,1-3H3. The van der Waals surface area contributed by atoms with Gasteiger partial charge in [-0.3, -0.25) is 9.78 Å². The van der Waals surface area contributed by atoms with E-state index in [0.29, 0.717) is 17.7 Å². The molecule has 3 rings (SSSR count). The molecule has 0 spiro atoms. The molecule has 0 aliphatic carbocycles. The normalized spacial score (nSPS) is 11.8. The minimum atomic E-state index is -4.40. The molecule has 2 aromatic heterocycles. The molecule has 3 aromatic rings. The van der Waals surface area contributed by atoms with Gasteiger partial charge in [-0.25, -0.2) is 0 Å². The highest BCUT2D eigenvalue weighted by Crippen LogP contribution is 2.33. The zero-order chi connectivity index (χ0) is 19.8. The summed E-state index contributed by atoms with van der Waals surface area (Å²) >= 11 is 0. The minimum absolute atomic E-state index is 0.0427. The second kappa shape index (κ2) is 7.06. The summed E-state index contributed by atoms with van der Waals surface area (Å²) in [5.74, 6) is -0.0427. The Morgan fingerprint density at radius 3 is 2.63 bits per heavy atom. The number of carbonyl (C=O) groups excluding carboxylic acids is 1. The number of aromatic nitrogens is 2. The lowest BCUT2D eigenvalue weighted by molar-refractivity contribution is -0.137. The summed E-state index contributed by atoms with van der Waals surface area (Å²) in [6, 6.07) is 6.94. The summed E-state index contributed by atoms with van der Waals surface area (Å²) in [7, 11) is 1.73. The Kier molecular flexibility index (Phi) is 4.95. The first-order chi connectivity index (χ1) is 12.7. The number of fused-ring (bicyclic) bond motifs is 1. The van der Waals surface area contributed by atoms with Crippen LogP contribution >= 0.6 is 0 Å². The lowest BCUT2D eigenvalue weighted by Crippen LogP contribution is -2.29. The largest absolute Gasteiger partial charge is 0.416 e. The van der Waals surface area contributed by atoms with Gasteiger partial charge in [0.2, 0.25) is 5.91 Å². The van der Waals surface area contributed by atoms with E-state index in [1.165, 1.54) is 6.07 Å². The fraction of sp³-hybridized carbons (Fsp3) is 0.300. The third-order valence-corrected chi connectivity index (χ3v) is 4.63. The molecule has 0 aliphatic heterocycles. The Labute approximate surface area is 155 Å². The predicted molar refractivity (Wildman–Crippen MR) is 98.2 cm³/mol. The van der Waals surface area contributed by atoms with Gasteiger partial charge in [0.15, 0.2) is 0 Å². The average Bonchev–Trinajstić information content (AvgIpc) is 2.95. The number of nitrogens with zero attached hydrogens (tertiary/aromatic N) is 3. The monoisotopic (exact) mass is 375 g/mol. The highest BCUT2D eigenvalue weighted by molar-refractivity contribution is 5.86. The van der Waals surface area contributed by atoms with Crippen molar-refractivity contribution in [3.05, 3.63) is 53.9 Å². The molecule has 0 atom stereocenters. The summed E-state index contributed by atoms with van der Waals surface area (Å²) in [5.41, 5.74) is 2.67. The number of likely N-dealkylation sites (N-methyl/N-ethyl adjacent to an activating group) is 1. The van der Waals surface area contributed by atoms with Gasteiger partial charge in [-0.05, 0) is 43.2 Å². The summed E-state index contributed by atoms with van der Waals surface area (Å²) < 4.78 is 40.8. The van der Waals surface area contributed by atoms with Gasteiger partial charge in [-0.1, -0.05) is 12.1 Å². The quantitative estimate of drug-likeness (QED) is 0.673. The molecule has 0 unspecified atom stereocenters. The van der Waals surface area contributed by atoms with Gasteiger partial charge in [0.05, 0.1) is 16.6 Å². The third-order valence-electron chi connectivity index (χ3n) is 4.63. The molecule has 1 amide bonds. The van der Waals surface area contributed by atoms with Crippen molar-refractivity contribution in [2.45, 2.75) is 26.6 Å². The van der Waals surface area contributed by atoms with Gasteiger partial charge >= 0.3 is 6.18 Å². The van der Waals surface area contributed by atoms with Crippen LogP contribution in [0.2, 0.25) is 0 Å². The molecule has 0 N–H and O–H groups in total. The molecule has 0 saturated heterocycles. The van der Waals surface area contributed by atoms with Crippen LogP contribution in [0.3, 0.4) is 0 Å². The Morgan fingerprint density at radius 1 is 1.22 bits per heavy atom. The summed E-state index contributed by atoms with van der Waals surface area (Å²) in [6.07, 6.45) is -0.994. The van der Waals surface area contributed by atoms with E-state index >= 15 is 0 Å². The molecule has 0 saturated carbocycles. The van der Waals surface area contributed by atoms with Crippen LogP contribution in [0.15, 0.2) is 42.7 Å². The van der Waals surface area contributed by atoms with Gasteiger partial charge in [-0.2, -0.15) is 13.2 Å². The molecule has 0 bridgehead atoms. The van der Waals surface area contributed by atoms with E-state index in [4.69, 9.17) is 0 Å². The number of aryl methyl sites for hydroxylation is 1. The second-order valence-corrected chi connectivity index (χ2v) is 6.52. The van der Waals surface area contributed by atoms with Crippen molar-refractivity contribution in [1.82, 2.24) is 14.5 Å². The molecule has 0 aliphatic rings. The Bertz CT molecular complexity index is 992. The van der Waals surface area contributed by atoms with Gasteiger partial charge in [0.1, 0.15) is 6.54 Å². The van der Waals surface area contributed by atoms with Crippen LogP contribution in [0.1, 0.15) is 18.1 Å². The predicted octanol–water partition coefficient (Wildman–Crippen LogP) is 4.51. The van der Waals surface area contributed by atoms with Gasteiger partial charge in [0.25, 0.3) is 0 Å². The number of rotatable bonds is 4. The van der Waals surface area contributed by atoms with E-state index < -0.39 is 11.7 Å². The van der Waals surface area contributed by atoms with Crippen molar-refractivity contribution >= 4 is 16.9 Å². The number of alkyl halides is 3. The lowest BCUT2D eigenvalue weighted by Gasteiger charge is -2.15. The van der Waals surface area contributed by atoms with E-state index in [0.717, 1.165) is 28.7 Å². The first-order valence-electron chi connectivity index (χ1n) is 8.57. The van der Waals surface area contributed by atoms with E-state index in [2.05, 4.69) is 4.98 Å². The summed E-state index contributed by atoms with van der Waals surface area (Å²) in [6.45, 7) is 4.54. The highest BCUT2D eigenvalue weighted by atomic mass is 19.4. The smallest absolute Gasteiger partial charge is 0.344 e. The van der Waals surface area contributed by atoms with E-state index in [1.54, 1.807) is 34.8 Å². The maximum Gasteiger partial charge on any atom is 0.416 e. The van der Waals surface area contributed by atoms with E-state index in [1.807, 2.05) is 20.0 Å². The Morgan fingerprint density at radius 2 is 1.96 bits per heavy atom. The summed E-state index contributed by atoms with van der Waals surface area (Å²) in [5, 5.41) is 0. The number of halogens is 3. The zero-order valence-electron chi connectivity index (χ0n) is 15.3. The van der Waals surface area contributed by atoms with Crippen LogP contribution in [0.25, 0.3) is 22.2 Å². The minimum Gasteiger partial charge on any atom is -0.344 e. The molecular formula is C20H20F3N3O. The van der Waals surface area contributed by atoms with Gasteiger partial charge in [0, 0.05) is 31.5 Å². The fourth-order valence-corrected chi connectivity index (χ4v) is 2.95. The summed E-state index contributed by atoms with van der Waals surface area (Å²) in [4.78, 5) is 18.3. The van der Waals surface area contributed by atoms with Crippen molar-refractivity contribution in [2.75, 3.05) is 13.6 Å². The molecule has 1 aromatic carbocycles. The van der Waals surface area contributed by atoms with E-state index in [9.17, 15) is 18.0 Å². The van der Waals surface area contributed by atoms with Crippen molar-refractivity contribution in [1.29, 1.82) is 0 Å². The molecule has 2 heterocycles. The van der Waals surface area contributed by atoms with Gasteiger partial charge in [-0.15, -0.1) is 0 Å². The highest BCUT2D eigenvalue weighted by Gasteiger charge is 2.30. The number of carbonyl (C=O) groups is 1. The molecule has 0 fully saturated rings. The second-order valence-electron chi connectivity index (χ2n) is 6.52. The molecule has 4 nitrogen and oxygen atoms in total. The number of amides is 1. The van der Waals surface area contributed by atoms with Crippen LogP contribution < -0.4 is 0 Å². The lowest BCUT2D eigenvalue weighted by atomic mass is 10.0. The first-order valence-corrected chi connectivity index (χ1v) is 8.57. The van der Waals surface area contributed by atoms with Crippen LogP contribution in [0.4, 0.5) is 13.2 Å². The van der Waals surface area contributed by atoms with Crippen molar-refractivity contribution in [2.24, 2.45) is 0 Å². The van der Waals surface area contributed by atoms with Crippen LogP contribution in [-0.4, -0.2) is 34.0 Å². The van der Waals surface area contributed by atoms with Crippen molar-refractivity contribution < 1.29 is 18.0 Å². The topological polar surface area (TPSA) is 38.1 Å². The van der Waals surface area contributed by atoms with Gasteiger partial charge < -0.3 is 9.47 Å². The molecule has 27 heavy (non-hydrogen) atoms. The average molecular weight is 375 g/mol. The Balaban J connectivity index is 2.05. The number of pyridine rings is 1.